The van der Waals surface area contributed by atoms with Crippen molar-refractivity contribution in [2.24, 2.45) is 0 Å². The van der Waals surface area contributed by atoms with E-state index in [-0.39, 0.29) is 12.1 Å². The summed E-state index contributed by atoms with van der Waals surface area (Å²) in [5.74, 6) is 0.719. The minimum atomic E-state index is -0.318. The summed E-state index contributed by atoms with van der Waals surface area (Å²) in [6.07, 6.45) is 12.5. The molecular weight excluding hydrogens is 252 g/mol. The molecular formula is C17H26O3. The molecule has 0 aromatic heterocycles. The van der Waals surface area contributed by atoms with Crippen LogP contribution in [0.3, 0.4) is 0 Å². The quantitative estimate of drug-likeness (QED) is 0.287. The molecule has 0 saturated heterocycles. The van der Waals surface area contributed by atoms with Crippen molar-refractivity contribution < 1.29 is 14.3 Å². The Balaban J connectivity index is 3.96. The van der Waals surface area contributed by atoms with Gasteiger partial charge in [-0.2, -0.15) is 0 Å². The summed E-state index contributed by atoms with van der Waals surface area (Å²) < 4.78 is 10.2. The minimum absolute atomic E-state index is 0.0823. The monoisotopic (exact) mass is 278 g/mol. The molecule has 0 aromatic rings. The second-order valence-corrected chi connectivity index (χ2v) is 4.82. The topological polar surface area (TPSA) is 35.5 Å². The zero-order chi connectivity index (χ0) is 15.4. The highest BCUT2D eigenvalue weighted by Gasteiger charge is 1.98. The van der Waals surface area contributed by atoms with E-state index in [1.165, 1.54) is 11.6 Å². The number of hydrogen-bond acceptors (Lipinski definition) is 3. The summed E-state index contributed by atoms with van der Waals surface area (Å²) in [4.78, 5) is 11.2. The van der Waals surface area contributed by atoms with E-state index in [2.05, 4.69) is 6.08 Å². The van der Waals surface area contributed by atoms with Crippen molar-refractivity contribution in [2.75, 3.05) is 7.11 Å². The van der Waals surface area contributed by atoms with Gasteiger partial charge >= 0.3 is 5.97 Å². The summed E-state index contributed by atoms with van der Waals surface area (Å²) in [7, 11) is 1.70. The van der Waals surface area contributed by atoms with E-state index in [4.69, 9.17) is 9.47 Å². The Morgan fingerprint density at radius 1 is 1.10 bits per heavy atom. The van der Waals surface area contributed by atoms with Crippen molar-refractivity contribution in [2.45, 2.75) is 46.6 Å². The zero-order valence-electron chi connectivity index (χ0n) is 13.2. The largest absolute Gasteiger partial charge is 0.501 e. The predicted molar refractivity (Wildman–Crippen MR) is 83.3 cm³/mol. The maximum Gasteiger partial charge on any atom is 0.330 e. The van der Waals surface area contributed by atoms with Gasteiger partial charge in [0, 0.05) is 12.5 Å². The summed E-state index contributed by atoms with van der Waals surface area (Å²) in [6, 6.07) is 0. The number of carbonyl (C=O) groups excluding carboxylic acids is 1. The van der Waals surface area contributed by atoms with E-state index in [0.29, 0.717) is 0 Å². The van der Waals surface area contributed by atoms with Gasteiger partial charge in [-0.3, -0.25) is 0 Å². The number of hydrogen-bond donors (Lipinski definition) is 0. The first-order valence-electron chi connectivity index (χ1n) is 6.88. The molecule has 0 aromatic carbocycles. The lowest BCUT2D eigenvalue weighted by molar-refractivity contribution is -0.141. The van der Waals surface area contributed by atoms with Gasteiger partial charge in [-0.05, 0) is 39.7 Å². The fourth-order valence-electron chi connectivity index (χ4n) is 1.48. The van der Waals surface area contributed by atoms with Crippen molar-refractivity contribution in [3.05, 3.63) is 47.8 Å². The van der Waals surface area contributed by atoms with Gasteiger partial charge in [0.15, 0.2) is 0 Å². The first-order valence-corrected chi connectivity index (χ1v) is 6.88. The molecule has 20 heavy (non-hydrogen) atoms. The van der Waals surface area contributed by atoms with Crippen LogP contribution in [0, 0.1) is 0 Å². The van der Waals surface area contributed by atoms with Gasteiger partial charge < -0.3 is 9.47 Å². The van der Waals surface area contributed by atoms with Crippen LogP contribution in [0.5, 0.6) is 0 Å². The van der Waals surface area contributed by atoms with Crippen LogP contribution in [0.15, 0.2) is 47.8 Å². The Morgan fingerprint density at radius 2 is 1.75 bits per heavy atom. The Labute approximate surface area is 122 Å². The molecule has 0 saturated carbocycles. The average Bonchev–Trinajstić information content (AvgIpc) is 2.35. The van der Waals surface area contributed by atoms with E-state index in [1.807, 2.05) is 39.8 Å². The lowest BCUT2D eigenvalue weighted by atomic mass is 10.2. The molecule has 0 aliphatic heterocycles. The lowest BCUT2D eigenvalue weighted by Gasteiger charge is -2.05. The second kappa shape index (κ2) is 11.1. The Bertz CT molecular complexity index is 394. The minimum Gasteiger partial charge on any atom is -0.501 e. The molecule has 3 heteroatoms. The Hall–Kier alpha value is -1.77. The molecule has 0 N–H and O–H groups in total. The maximum absolute atomic E-state index is 11.2. The maximum atomic E-state index is 11.2. The Kier molecular flexibility index (Phi) is 10.1. The van der Waals surface area contributed by atoms with E-state index in [0.717, 1.165) is 18.6 Å². The molecule has 0 bridgehead atoms. The van der Waals surface area contributed by atoms with Crippen molar-refractivity contribution in [3.63, 3.8) is 0 Å². The Morgan fingerprint density at radius 3 is 2.30 bits per heavy atom. The van der Waals surface area contributed by atoms with Crippen molar-refractivity contribution in [1.82, 2.24) is 0 Å². The lowest BCUT2D eigenvalue weighted by Crippen LogP contribution is -2.08. The van der Waals surface area contributed by atoms with Crippen LogP contribution in [0.4, 0.5) is 0 Å². The number of methoxy groups -OCH3 is 1. The first kappa shape index (κ1) is 18.2. The molecule has 0 atom stereocenters. The molecule has 0 amide bonds. The van der Waals surface area contributed by atoms with Crippen molar-refractivity contribution >= 4 is 5.97 Å². The van der Waals surface area contributed by atoms with Crippen LogP contribution in [0.1, 0.15) is 40.5 Å². The van der Waals surface area contributed by atoms with Gasteiger partial charge in [-0.15, -0.1) is 0 Å². The molecule has 0 heterocycles. The third-order valence-electron chi connectivity index (χ3n) is 2.40. The third-order valence-corrected chi connectivity index (χ3v) is 2.40. The van der Waals surface area contributed by atoms with Crippen LogP contribution >= 0.6 is 0 Å². The highest BCUT2D eigenvalue weighted by atomic mass is 16.5. The number of carbonyl (C=O) groups is 1. The number of esters is 1. The van der Waals surface area contributed by atoms with Gasteiger partial charge in [0.05, 0.1) is 19.0 Å². The highest BCUT2D eigenvalue weighted by molar-refractivity contribution is 5.82. The predicted octanol–water partition coefficient (Wildman–Crippen LogP) is 4.33. The van der Waals surface area contributed by atoms with E-state index in [9.17, 15) is 4.79 Å². The van der Waals surface area contributed by atoms with E-state index in [1.54, 1.807) is 19.3 Å². The molecule has 0 fully saturated rings. The summed E-state index contributed by atoms with van der Waals surface area (Å²) in [5.41, 5.74) is 1.21. The SMILES string of the molecule is COC(CC/C=C/C=C/C=C/C(=O)OC(C)C)=C(C)C. The second-order valence-electron chi connectivity index (χ2n) is 4.82. The molecule has 112 valence electrons. The van der Waals surface area contributed by atoms with E-state index >= 15 is 0 Å². The number of allylic oxidation sites excluding steroid dienone is 7. The molecule has 0 spiro atoms. The van der Waals surface area contributed by atoms with Crippen LogP contribution < -0.4 is 0 Å². The van der Waals surface area contributed by atoms with Gasteiger partial charge in [-0.25, -0.2) is 4.79 Å². The molecule has 3 nitrogen and oxygen atoms in total. The summed E-state index contributed by atoms with van der Waals surface area (Å²) >= 11 is 0. The molecule has 0 unspecified atom stereocenters. The molecule has 0 radical (unpaired) electrons. The molecule has 0 aliphatic rings. The van der Waals surface area contributed by atoms with Crippen molar-refractivity contribution in [1.29, 1.82) is 0 Å². The number of rotatable bonds is 8. The van der Waals surface area contributed by atoms with Crippen LogP contribution in [-0.4, -0.2) is 19.2 Å². The smallest absolute Gasteiger partial charge is 0.330 e. The van der Waals surface area contributed by atoms with Crippen LogP contribution in [-0.2, 0) is 14.3 Å². The van der Waals surface area contributed by atoms with E-state index < -0.39 is 0 Å². The van der Waals surface area contributed by atoms with Crippen molar-refractivity contribution in [3.8, 4) is 0 Å². The molecule has 0 aliphatic carbocycles. The first-order chi connectivity index (χ1) is 9.47. The van der Waals surface area contributed by atoms with Gasteiger partial charge in [0.25, 0.3) is 0 Å². The average molecular weight is 278 g/mol. The van der Waals surface area contributed by atoms with Gasteiger partial charge in [0.2, 0.25) is 0 Å². The fraction of sp³-hybridized carbons (Fsp3) is 0.471. The normalized spacial score (nSPS) is 11.7. The number of ether oxygens (including phenoxy) is 2. The fourth-order valence-corrected chi connectivity index (χ4v) is 1.48. The summed E-state index contributed by atoms with van der Waals surface area (Å²) in [6.45, 7) is 7.74. The molecule has 0 rings (SSSR count). The zero-order valence-corrected chi connectivity index (χ0v) is 13.2. The van der Waals surface area contributed by atoms with Gasteiger partial charge in [0.1, 0.15) is 0 Å². The standard InChI is InChI=1S/C17H26O3/c1-14(2)16(19-5)12-10-8-6-7-9-11-13-17(18)20-15(3)4/h6-9,11,13,15H,10,12H2,1-5H3/b8-6+,9-7+,13-11+. The highest BCUT2D eigenvalue weighted by Crippen LogP contribution is 2.11. The van der Waals surface area contributed by atoms with Crippen LogP contribution in [0.2, 0.25) is 0 Å². The van der Waals surface area contributed by atoms with Gasteiger partial charge in [-0.1, -0.05) is 30.4 Å². The van der Waals surface area contributed by atoms with Crippen LogP contribution in [0.25, 0.3) is 0 Å². The summed E-state index contributed by atoms with van der Waals surface area (Å²) in [5, 5.41) is 0. The third kappa shape index (κ3) is 10.2.